The van der Waals surface area contributed by atoms with Gasteiger partial charge in [-0.15, -0.1) is 16.8 Å². The molecule has 0 aliphatic rings. The van der Waals surface area contributed by atoms with Crippen molar-refractivity contribution in [2.75, 3.05) is 11.1 Å². The van der Waals surface area contributed by atoms with E-state index in [0.717, 1.165) is 20.6 Å². The van der Waals surface area contributed by atoms with Gasteiger partial charge in [-0.05, 0) is 59.0 Å². The topological polar surface area (TPSA) is 72.7 Å². The van der Waals surface area contributed by atoms with Gasteiger partial charge in [-0.3, -0.25) is 14.3 Å². The lowest BCUT2D eigenvalue weighted by Crippen LogP contribution is -2.14. The molecule has 0 fully saturated rings. The van der Waals surface area contributed by atoms with Crippen LogP contribution in [0, 0.1) is 3.57 Å². The zero-order chi connectivity index (χ0) is 18.4. The van der Waals surface area contributed by atoms with E-state index in [9.17, 15) is 4.79 Å². The maximum Gasteiger partial charge on any atom is 0.234 e. The first-order chi connectivity index (χ1) is 12.7. The number of halogens is 1. The summed E-state index contributed by atoms with van der Waals surface area (Å²) in [7, 11) is 0. The van der Waals surface area contributed by atoms with E-state index in [1.54, 1.807) is 18.5 Å². The van der Waals surface area contributed by atoms with Gasteiger partial charge in [-0.1, -0.05) is 17.8 Å². The Labute approximate surface area is 169 Å². The predicted molar refractivity (Wildman–Crippen MR) is 112 cm³/mol. The van der Waals surface area contributed by atoms with Gasteiger partial charge in [0.05, 0.1) is 5.75 Å². The molecule has 0 atom stereocenters. The Kier molecular flexibility index (Phi) is 6.40. The predicted octanol–water partition coefficient (Wildman–Crippen LogP) is 3.86. The van der Waals surface area contributed by atoms with E-state index in [2.05, 4.69) is 49.7 Å². The zero-order valence-corrected chi connectivity index (χ0v) is 16.8. The number of nitrogens with one attached hydrogen (secondary N) is 1. The number of aromatic nitrogens is 4. The van der Waals surface area contributed by atoms with Gasteiger partial charge < -0.3 is 5.32 Å². The van der Waals surface area contributed by atoms with Crippen LogP contribution in [-0.2, 0) is 11.3 Å². The summed E-state index contributed by atoms with van der Waals surface area (Å²) in [6.07, 6.45) is 5.21. The van der Waals surface area contributed by atoms with Crippen LogP contribution in [-0.4, -0.2) is 31.4 Å². The summed E-state index contributed by atoms with van der Waals surface area (Å²) in [6.45, 7) is 4.35. The highest BCUT2D eigenvalue weighted by molar-refractivity contribution is 14.1. The van der Waals surface area contributed by atoms with Crippen molar-refractivity contribution in [3.8, 4) is 11.4 Å². The highest BCUT2D eigenvalue weighted by Gasteiger charge is 2.15. The molecule has 1 amide bonds. The van der Waals surface area contributed by atoms with Gasteiger partial charge in [-0.2, -0.15) is 0 Å². The molecule has 1 N–H and O–H groups in total. The number of carbonyl (C=O) groups is 1. The molecule has 0 aliphatic heterocycles. The normalized spacial score (nSPS) is 10.5. The summed E-state index contributed by atoms with van der Waals surface area (Å²) in [5.74, 6) is 0.889. The first-order valence-corrected chi connectivity index (χ1v) is 9.86. The van der Waals surface area contributed by atoms with Crippen molar-refractivity contribution in [1.29, 1.82) is 0 Å². The fourth-order valence-electron chi connectivity index (χ4n) is 2.26. The molecule has 1 aromatic carbocycles. The molecule has 0 aliphatic carbocycles. The van der Waals surface area contributed by atoms with Gasteiger partial charge in [0.2, 0.25) is 5.91 Å². The largest absolute Gasteiger partial charge is 0.325 e. The summed E-state index contributed by atoms with van der Waals surface area (Å²) in [6, 6.07) is 11.4. The summed E-state index contributed by atoms with van der Waals surface area (Å²) >= 11 is 3.57. The number of allylic oxidation sites excluding steroid dienone is 1. The van der Waals surface area contributed by atoms with E-state index >= 15 is 0 Å². The summed E-state index contributed by atoms with van der Waals surface area (Å²) in [5.41, 5.74) is 1.70. The van der Waals surface area contributed by atoms with E-state index in [1.807, 2.05) is 41.0 Å². The maximum atomic E-state index is 12.2. The number of amides is 1. The molecule has 6 nitrogen and oxygen atoms in total. The van der Waals surface area contributed by atoms with Gasteiger partial charge in [0.15, 0.2) is 11.0 Å². The van der Waals surface area contributed by atoms with Crippen molar-refractivity contribution in [2.45, 2.75) is 11.7 Å². The maximum absolute atomic E-state index is 12.2. The van der Waals surface area contributed by atoms with Crippen molar-refractivity contribution >= 4 is 45.9 Å². The molecule has 2 heterocycles. The third kappa shape index (κ3) is 4.70. The summed E-state index contributed by atoms with van der Waals surface area (Å²) < 4.78 is 3.06. The zero-order valence-electron chi connectivity index (χ0n) is 13.8. The molecular formula is C18H16IN5OS. The Morgan fingerprint density at radius 1 is 1.19 bits per heavy atom. The van der Waals surface area contributed by atoms with Crippen molar-refractivity contribution in [1.82, 2.24) is 19.7 Å². The average Bonchev–Trinajstić information content (AvgIpc) is 3.06. The Bertz CT molecular complexity index is 896. The Morgan fingerprint density at radius 3 is 2.62 bits per heavy atom. The number of rotatable bonds is 7. The molecule has 0 radical (unpaired) electrons. The smallest absolute Gasteiger partial charge is 0.234 e. The molecule has 8 heteroatoms. The molecule has 0 saturated carbocycles. The molecule has 0 saturated heterocycles. The van der Waals surface area contributed by atoms with Gasteiger partial charge in [0, 0.05) is 33.8 Å². The van der Waals surface area contributed by atoms with Crippen LogP contribution in [0.2, 0.25) is 0 Å². The van der Waals surface area contributed by atoms with Crippen molar-refractivity contribution in [2.24, 2.45) is 0 Å². The van der Waals surface area contributed by atoms with Crippen molar-refractivity contribution in [3.63, 3.8) is 0 Å². The molecule has 0 bridgehead atoms. The summed E-state index contributed by atoms with van der Waals surface area (Å²) in [5, 5.41) is 12.0. The molecule has 0 unspecified atom stereocenters. The summed E-state index contributed by atoms with van der Waals surface area (Å²) in [4.78, 5) is 16.2. The van der Waals surface area contributed by atoms with Gasteiger partial charge in [-0.25, -0.2) is 0 Å². The lowest BCUT2D eigenvalue weighted by atomic mass is 10.2. The molecule has 26 heavy (non-hydrogen) atoms. The number of nitrogens with zero attached hydrogens (tertiary/aromatic N) is 4. The number of hydrogen-bond donors (Lipinski definition) is 1. The molecule has 3 rings (SSSR count). The van der Waals surface area contributed by atoms with Crippen molar-refractivity contribution in [3.05, 3.63) is 65.0 Å². The number of benzene rings is 1. The third-order valence-corrected chi connectivity index (χ3v) is 5.11. The van der Waals surface area contributed by atoms with E-state index in [1.165, 1.54) is 11.8 Å². The van der Waals surface area contributed by atoms with E-state index < -0.39 is 0 Å². The lowest BCUT2D eigenvalue weighted by Gasteiger charge is -2.08. The molecule has 2 aromatic heterocycles. The fourth-order valence-corrected chi connectivity index (χ4v) is 3.37. The van der Waals surface area contributed by atoms with Crippen LogP contribution in [0.3, 0.4) is 0 Å². The minimum absolute atomic E-state index is 0.0881. The Morgan fingerprint density at radius 2 is 1.92 bits per heavy atom. The van der Waals surface area contributed by atoms with Crippen LogP contribution in [0.4, 0.5) is 5.69 Å². The minimum atomic E-state index is -0.0881. The van der Waals surface area contributed by atoms with E-state index in [4.69, 9.17) is 0 Å². The van der Waals surface area contributed by atoms with Crippen LogP contribution in [0.1, 0.15) is 0 Å². The molecule has 132 valence electrons. The lowest BCUT2D eigenvalue weighted by molar-refractivity contribution is -0.113. The first kappa shape index (κ1) is 18.6. The first-order valence-electron chi connectivity index (χ1n) is 7.80. The second kappa shape index (κ2) is 8.95. The van der Waals surface area contributed by atoms with Gasteiger partial charge in [0.25, 0.3) is 0 Å². The van der Waals surface area contributed by atoms with Gasteiger partial charge >= 0.3 is 0 Å². The number of pyridine rings is 1. The number of thioether (sulfide) groups is 1. The Hall–Kier alpha value is -2.20. The number of anilines is 1. The fraction of sp³-hybridized carbons (Fsp3) is 0.111. The third-order valence-electron chi connectivity index (χ3n) is 3.43. The standard InChI is InChI=1S/C18H16IN5OS/c1-2-11-24-17(13-7-9-20-10-8-13)22-23-18(24)26-12-16(25)21-15-5-3-14(19)4-6-15/h2-10H,1,11-12H2,(H,21,25). The molecule has 0 spiro atoms. The van der Waals surface area contributed by atoms with Crippen LogP contribution < -0.4 is 5.32 Å². The van der Waals surface area contributed by atoms with E-state index in [0.29, 0.717) is 11.7 Å². The van der Waals surface area contributed by atoms with E-state index in [-0.39, 0.29) is 11.7 Å². The molecular weight excluding hydrogens is 461 g/mol. The quantitative estimate of drug-likeness (QED) is 0.318. The van der Waals surface area contributed by atoms with Crippen LogP contribution in [0.5, 0.6) is 0 Å². The number of hydrogen-bond acceptors (Lipinski definition) is 5. The minimum Gasteiger partial charge on any atom is -0.325 e. The van der Waals surface area contributed by atoms with Crippen LogP contribution >= 0.6 is 34.4 Å². The van der Waals surface area contributed by atoms with Crippen molar-refractivity contribution < 1.29 is 4.79 Å². The second-order valence-electron chi connectivity index (χ2n) is 5.29. The molecule has 3 aromatic rings. The highest BCUT2D eigenvalue weighted by atomic mass is 127. The highest BCUT2D eigenvalue weighted by Crippen LogP contribution is 2.24. The monoisotopic (exact) mass is 477 g/mol. The Balaban J connectivity index is 1.69. The van der Waals surface area contributed by atoms with Crippen LogP contribution in [0.15, 0.2) is 66.6 Å². The SMILES string of the molecule is C=CCn1c(SCC(=O)Nc2ccc(I)cc2)nnc1-c1ccncc1. The van der Waals surface area contributed by atoms with Gasteiger partial charge in [0.1, 0.15) is 0 Å². The van der Waals surface area contributed by atoms with Crippen LogP contribution in [0.25, 0.3) is 11.4 Å². The second-order valence-corrected chi connectivity index (χ2v) is 7.47. The average molecular weight is 477 g/mol. The number of carbonyl (C=O) groups excluding carboxylic acids is 1.